The highest BCUT2D eigenvalue weighted by Crippen LogP contribution is 2.00. The summed E-state index contributed by atoms with van der Waals surface area (Å²) in [6.07, 6.45) is 2.30. The molecule has 0 saturated heterocycles. The molecule has 0 aromatic rings. The van der Waals surface area contributed by atoms with Crippen molar-refractivity contribution in [2.45, 2.75) is 6.42 Å². The Morgan fingerprint density at radius 2 is 2.11 bits per heavy atom. The summed E-state index contributed by atoms with van der Waals surface area (Å²) in [5.74, 6) is 0.461. The first kappa shape index (κ1) is 9.04. The van der Waals surface area contributed by atoms with Gasteiger partial charge in [0.05, 0.1) is 5.04 Å². The summed E-state index contributed by atoms with van der Waals surface area (Å²) >= 11 is 5.28. The van der Waals surface area contributed by atoms with Gasteiger partial charge in [-0.05, 0) is 6.26 Å². The van der Waals surface area contributed by atoms with E-state index in [2.05, 4.69) is 12.6 Å². The van der Waals surface area contributed by atoms with E-state index in [1.54, 1.807) is 0 Å². The molecule has 0 aliphatic rings. The van der Waals surface area contributed by atoms with Gasteiger partial charge in [0.1, 0.15) is 0 Å². The molecule has 4 heteroatoms. The van der Waals surface area contributed by atoms with Crippen LogP contribution in [0.15, 0.2) is 0 Å². The van der Waals surface area contributed by atoms with Crippen molar-refractivity contribution in [3.05, 3.63) is 0 Å². The summed E-state index contributed by atoms with van der Waals surface area (Å²) < 4.78 is 0. The molecule has 0 amide bonds. The van der Waals surface area contributed by atoms with Crippen LogP contribution in [0.3, 0.4) is 0 Å². The second-order valence-electron chi connectivity index (χ2n) is 1.57. The fourth-order valence-electron chi connectivity index (χ4n) is 0.322. The summed E-state index contributed by atoms with van der Waals surface area (Å²) in [4.78, 5) is 0. The molecule has 2 nitrogen and oxygen atoms in total. The maximum Gasteiger partial charge on any atom is 0.0695 e. The molecule has 0 heterocycles. The highest BCUT2D eigenvalue weighted by atomic mass is 32.2. The minimum Gasteiger partial charge on any atom is -0.308 e. The van der Waals surface area contributed by atoms with Gasteiger partial charge in [0.25, 0.3) is 0 Å². The number of thioether (sulfide) groups is 1. The van der Waals surface area contributed by atoms with Gasteiger partial charge in [-0.1, -0.05) is 0 Å². The third-order valence-corrected chi connectivity index (χ3v) is 1.83. The van der Waals surface area contributed by atoms with Crippen LogP contribution in [-0.4, -0.2) is 22.8 Å². The van der Waals surface area contributed by atoms with Crippen LogP contribution in [0.25, 0.3) is 0 Å². The smallest absolute Gasteiger partial charge is 0.0695 e. The minimum absolute atomic E-state index is 0.461. The van der Waals surface area contributed by atoms with E-state index in [4.69, 9.17) is 10.8 Å². The first-order valence-electron chi connectivity index (χ1n) is 2.49. The summed E-state index contributed by atoms with van der Waals surface area (Å²) in [5.41, 5.74) is 0.512. The van der Waals surface area contributed by atoms with Crippen LogP contribution in [0.2, 0.25) is 0 Å². The van der Waals surface area contributed by atoms with Gasteiger partial charge in [-0.15, -0.1) is 11.8 Å². The topological polar surface area (TPSA) is 47.7 Å². The van der Waals surface area contributed by atoms with Crippen LogP contribution < -0.4 is 0 Å². The zero-order valence-electron chi connectivity index (χ0n) is 5.27. The molecule has 0 aromatic carbocycles. The van der Waals surface area contributed by atoms with Crippen molar-refractivity contribution in [3.63, 3.8) is 0 Å². The lowest BCUT2D eigenvalue weighted by molar-refractivity contribution is 1.38. The lowest BCUT2D eigenvalue weighted by Gasteiger charge is -1.97. The largest absolute Gasteiger partial charge is 0.308 e. The van der Waals surface area contributed by atoms with Gasteiger partial charge >= 0.3 is 0 Å². The zero-order chi connectivity index (χ0) is 7.28. The zero-order valence-corrected chi connectivity index (χ0v) is 6.98. The normalized spacial score (nSPS) is 9.11. The first-order chi connectivity index (χ1) is 4.20. The number of hydrogen-bond donors (Lipinski definition) is 3. The lowest BCUT2D eigenvalue weighted by Crippen LogP contribution is -2.03. The van der Waals surface area contributed by atoms with E-state index >= 15 is 0 Å². The summed E-state index contributed by atoms with van der Waals surface area (Å²) in [7, 11) is 0. The van der Waals surface area contributed by atoms with Crippen molar-refractivity contribution in [3.8, 4) is 0 Å². The van der Waals surface area contributed by atoms with Gasteiger partial charge < -0.3 is 5.41 Å². The van der Waals surface area contributed by atoms with Crippen LogP contribution >= 0.6 is 24.4 Å². The highest BCUT2D eigenvalue weighted by Gasteiger charge is 1.97. The van der Waals surface area contributed by atoms with E-state index in [9.17, 15) is 0 Å². The Hall–Kier alpha value is 0.0400. The lowest BCUT2D eigenvalue weighted by atomic mass is 10.3. The summed E-state index contributed by atoms with van der Waals surface area (Å²) in [6, 6.07) is 0. The summed E-state index contributed by atoms with van der Waals surface area (Å²) in [5, 5.41) is 14.8. The standard InChI is InChI=1S/C5H10N2S2/c1-9-5(7)2-4(6)3-8/h6-8H,2-3H2,1H3. The molecule has 0 unspecified atom stereocenters. The van der Waals surface area contributed by atoms with Crippen LogP contribution in [0.5, 0.6) is 0 Å². The molecular weight excluding hydrogens is 152 g/mol. The molecule has 0 saturated carbocycles. The Labute approximate surface area is 64.8 Å². The maximum absolute atomic E-state index is 7.16. The van der Waals surface area contributed by atoms with Gasteiger partial charge in [-0.3, -0.25) is 5.41 Å². The molecule has 0 radical (unpaired) electrons. The van der Waals surface area contributed by atoms with Crippen molar-refractivity contribution >= 4 is 35.1 Å². The fraction of sp³-hybridized carbons (Fsp3) is 0.600. The number of hydrogen-bond acceptors (Lipinski definition) is 4. The van der Waals surface area contributed by atoms with Crippen molar-refractivity contribution in [1.29, 1.82) is 10.8 Å². The molecule has 0 atom stereocenters. The van der Waals surface area contributed by atoms with Crippen LogP contribution in [0, 0.1) is 10.8 Å². The molecule has 0 aliphatic heterocycles. The Morgan fingerprint density at radius 3 is 2.44 bits per heavy atom. The molecule has 0 fully saturated rings. The van der Waals surface area contributed by atoms with Gasteiger partial charge in [-0.25, -0.2) is 0 Å². The molecule has 0 rings (SSSR count). The minimum atomic E-state index is 0.461. The van der Waals surface area contributed by atoms with E-state index < -0.39 is 0 Å². The molecular formula is C5H10N2S2. The Morgan fingerprint density at radius 1 is 1.56 bits per heavy atom. The molecule has 0 bridgehead atoms. The van der Waals surface area contributed by atoms with E-state index in [0.717, 1.165) is 0 Å². The van der Waals surface area contributed by atoms with Crippen LogP contribution in [0.4, 0.5) is 0 Å². The van der Waals surface area contributed by atoms with Gasteiger partial charge in [0, 0.05) is 17.9 Å². The van der Waals surface area contributed by atoms with E-state index in [-0.39, 0.29) is 0 Å². The summed E-state index contributed by atoms with van der Waals surface area (Å²) in [6.45, 7) is 0. The van der Waals surface area contributed by atoms with E-state index in [1.807, 2.05) is 6.26 Å². The number of rotatable bonds is 3. The SMILES string of the molecule is CSC(=N)CC(=N)CS. The van der Waals surface area contributed by atoms with Crippen LogP contribution in [-0.2, 0) is 0 Å². The van der Waals surface area contributed by atoms with Crippen molar-refractivity contribution in [2.75, 3.05) is 12.0 Å². The molecule has 9 heavy (non-hydrogen) atoms. The second-order valence-corrected chi connectivity index (χ2v) is 2.78. The van der Waals surface area contributed by atoms with Crippen LogP contribution in [0.1, 0.15) is 6.42 Å². The average Bonchev–Trinajstić information content (AvgIpc) is 1.87. The van der Waals surface area contributed by atoms with Crippen molar-refractivity contribution < 1.29 is 0 Å². The predicted molar refractivity (Wildman–Crippen MR) is 47.4 cm³/mol. The quantitative estimate of drug-likeness (QED) is 0.330. The average molecular weight is 162 g/mol. The predicted octanol–water partition coefficient (Wildman–Crippen LogP) is 1.67. The second kappa shape index (κ2) is 4.88. The fourth-order valence-corrected chi connectivity index (χ4v) is 0.752. The molecule has 0 aliphatic carbocycles. The number of nitrogens with one attached hydrogen (secondary N) is 2. The van der Waals surface area contributed by atoms with Gasteiger partial charge in [-0.2, -0.15) is 12.6 Å². The van der Waals surface area contributed by atoms with E-state index in [1.165, 1.54) is 11.8 Å². The molecule has 0 aromatic heterocycles. The number of thiol groups is 1. The first-order valence-corrected chi connectivity index (χ1v) is 4.35. The van der Waals surface area contributed by atoms with Gasteiger partial charge in [0.2, 0.25) is 0 Å². The highest BCUT2D eigenvalue weighted by molar-refractivity contribution is 8.13. The molecule has 52 valence electrons. The van der Waals surface area contributed by atoms with Gasteiger partial charge in [0.15, 0.2) is 0 Å². The Kier molecular flexibility index (Phi) is 4.90. The monoisotopic (exact) mass is 162 g/mol. The third-order valence-electron chi connectivity index (χ3n) is 0.811. The molecule has 0 spiro atoms. The van der Waals surface area contributed by atoms with E-state index in [0.29, 0.717) is 22.9 Å². The Bertz CT molecular complexity index is 108. The third kappa shape index (κ3) is 4.54. The van der Waals surface area contributed by atoms with Crippen molar-refractivity contribution in [1.82, 2.24) is 0 Å². The molecule has 2 N–H and O–H groups in total. The maximum atomic E-state index is 7.16. The Balaban J connectivity index is 3.47. The van der Waals surface area contributed by atoms with Crippen molar-refractivity contribution in [2.24, 2.45) is 0 Å².